The van der Waals surface area contributed by atoms with Gasteiger partial charge in [0.15, 0.2) is 0 Å². The van der Waals surface area contributed by atoms with Crippen LogP contribution in [-0.4, -0.2) is 11.9 Å². The Morgan fingerprint density at radius 3 is 2.79 bits per heavy atom. The highest BCUT2D eigenvalue weighted by atomic mass is 35.5. The average molecular weight is 213 g/mol. The van der Waals surface area contributed by atoms with E-state index in [4.69, 9.17) is 17.3 Å². The summed E-state index contributed by atoms with van der Waals surface area (Å²) in [6, 6.07) is 4.92. The van der Waals surface area contributed by atoms with Gasteiger partial charge in [-0.15, -0.1) is 0 Å². The summed E-state index contributed by atoms with van der Waals surface area (Å²) < 4.78 is 0. The molecule has 1 atom stereocenters. The SMILES string of the molecule is Cc1cccc(NC(=O)[C@H](C)N)c1Cl. The summed E-state index contributed by atoms with van der Waals surface area (Å²) in [5.41, 5.74) is 6.95. The predicted octanol–water partition coefficient (Wildman–Crippen LogP) is 1.93. The van der Waals surface area contributed by atoms with Crippen molar-refractivity contribution in [3.63, 3.8) is 0 Å². The summed E-state index contributed by atoms with van der Waals surface area (Å²) in [6.07, 6.45) is 0. The minimum absolute atomic E-state index is 0.238. The molecule has 0 aromatic heterocycles. The molecule has 0 radical (unpaired) electrons. The summed E-state index contributed by atoms with van der Waals surface area (Å²) in [5, 5.41) is 3.21. The van der Waals surface area contributed by atoms with Crippen molar-refractivity contribution in [2.75, 3.05) is 5.32 Å². The topological polar surface area (TPSA) is 55.1 Å². The minimum Gasteiger partial charge on any atom is -0.323 e. The molecule has 0 bridgehead atoms. The number of nitrogens with one attached hydrogen (secondary N) is 1. The van der Waals surface area contributed by atoms with Crippen LogP contribution in [0.25, 0.3) is 0 Å². The Labute approximate surface area is 88.2 Å². The highest BCUT2D eigenvalue weighted by Gasteiger charge is 2.10. The molecule has 3 N–H and O–H groups in total. The van der Waals surface area contributed by atoms with Gasteiger partial charge >= 0.3 is 0 Å². The van der Waals surface area contributed by atoms with Crippen LogP contribution in [0.5, 0.6) is 0 Å². The van der Waals surface area contributed by atoms with E-state index < -0.39 is 6.04 Å². The third-order valence-corrected chi connectivity index (χ3v) is 2.36. The number of hydrogen-bond donors (Lipinski definition) is 2. The number of halogens is 1. The zero-order valence-corrected chi connectivity index (χ0v) is 8.93. The molecule has 76 valence electrons. The Hall–Kier alpha value is -1.06. The highest BCUT2D eigenvalue weighted by molar-refractivity contribution is 6.34. The van der Waals surface area contributed by atoms with Crippen molar-refractivity contribution >= 4 is 23.2 Å². The monoisotopic (exact) mass is 212 g/mol. The molecular formula is C10H13ClN2O. The molecule has 1 aromatic carbocycles. The summed E-state index contributed by atoms with van der Waals surface area (Å²) in [6.45, 7) is 3.50. The lowest BCUT2D eigenvalue weighted by molar-refractivity contribution is -0.117. The third kappa shape index (κ3) is 2.47. The lowest BCUT2D eigenvalue weighted by atomic mass is 10.2. The fourth-order valence-electron chi connectivity index (χ4n) is 0.991. The van der Waals surface area contributed by atoms with E-state index in [9.17, 15) is 4.79 Å². The molecule has 1 amide bonds. The number of benzene rings is 1. The van der Waals surface area contributed by atoms with Crippen molar-refractivity contribution in [1.82, 2.24) is 0 Å². The van der Waals surface area contributed by atoms with E-state index in [0.717, 1.165) is 5.56 Å². The number of anilines is 1. The van der Waals surface area contributed by atoms with Gasteiger partial charge in [-0.3, -0.25) is 4.79 Å². The number of rotatable bonds is 2. The first-order valence-corrected chi connectivity index (χ1v) is 4.71. The Kier molecular flexibility index (Phi) is 3.49. The standard InChI is InChI=1S/C10H13ClN2O/c1-6-4-3-5-8(9(6)11)13-10(14)7(2)12/h3-5,7H,12H2,1-2H3,(H,13,14)/t7-/m0/s1. The van der Waals surface area contributed by atoms with E-state index >= 15 is 0 Å². The largest absolute Gasteiger partial charge is 0.323 e. The molecule has 0 aliphatic heterocycles. The number of aryl methyl sites for hydroxylation is 1. The normalized spacial score (nSPS) is 12.3. The molecule has 14 heavy (non-hydrogen) atoms. The summed E-state index contributed by atoms with van der Waals surface area (Å²) in [4.78, 5) is 11.3. The molecule has 4 heteroatoms. The first kappa shape index (κ1) is 11.0. The van der Waals surface area contributed by atoms with Crippen LogP contribution in [0.15, 0.2) is 18.2 Å². The second-order valence-corrected chi connectivity index (χ2v) is 3.59. The van der Waals surface area contributed by atoms with Crippen molar-refractivity contribution < 1.29 is 4.79 Å². The Morgan fingerprint density at radius 1 is 1.57 bits per heavy atom. The number of carbonyl (C=O) groups is 1. The lowest BCUT2D eigenvalue weighted by Crippen LogP contribution is -2.32. The van der Waals surface area contributed by atoms with Gasteiger partial charge in [-0.1, -0.05) is 23.7 Å². The van der Waals surface area contributed by atoms with Crippen LogP contribution in [0.3, 0.4) is 0 Å². The van der Waals surface area contributed by atoms with Crippen molar-refractivity contribution in [3.05, 3.63) is 28.8 Å². The second-order valence-electron chi connectivity index (χ2n) is 3.21. The van der Waals surface area contributed by atoms with Gasteiger partial charge in [0.2, 0.25) is 5.91 Å². The highest BCUT2D eigenvalue weighted by Crippen LogP contribution is 2.24. The van der Waals surface area contributed by atoms with Gasteiger partial charge in [0.1, 0.15) is 0 Å². The fourth-order valence-corrected chi connectivity index (χ4v) is 1.16. The molecule has 3 nitrogen and oxygen atoms in total. The first-order valence-electron chi connectivity index (χ1n) is 4.34. The molecule has 0 spiro atoms. The Balaban J connectivity index is 2.87. The Morgan fingerprint density at radius 2 is 2.21 bits per heavy atom. The van der Waals surface area contributed by atoms with Crippen LogP contribution in [0.2, 0.25) is 5.02 Å². The van der Waals surface area contributed by atoms with E-state index in [2.05, 4.69) is 5.32 Å². The van der Waals surface area contributed by atoms with E-state index in [1.165, 1.54) is 0 Å². The van der Waals surface area contributed by atoms with Gasteiger partial charge < -0.3 is 11.1 Å². The average Bonchev–Trinajstić information content (AvgIpc) is 2.12. The molecular weight excluding hydrogens is 200 g/mol. The molecule has 0 aliphatic carbocycles. The number of carbonyl (C=O) groups excluding carboxylic acids is 1. The van der Waals surface area contributed by atoms with Crippen molar-refractivity contribution in [1.29, 1.82) is 0 Å². The zero-order valence-electron chi connectivity index (χ0n) is 8.17. The van der Waals surface area contributed by atoms with Gasteiger partial charge in [0, 0.05) is 0 Å². The van der Waals surface area contributed by atoms with Gasteiger partial charge in [-0.25, -0.2) is 0 Å². The van der Waals surface area contributed by atoms with Crippen LogP contribution in [0.4, 0.5) is 5.69 Å². The maximum atomic E-state index is 11.3. The summed E-state index contributed by atoms with van der Waals surface area (Å²) >= 11 is 5.99. The number of nitrogens with two attached hydrogens (primary N) is 1. The quantitative estimate of drug-likeness (QED) is 0.787. The molecule has 0 heterocycles. The van der Waals surface area contributed by atoms with Gasteiger partial charge in [-0.05, 0) is 25.5 Å². The van der Waals surface area contributed by atoms with Crippen LogP contribution >= 0.6 is 11.6 Å². The molecule has 0 saturated heterocycles. The van der Waals surface area contributed by atoms with E-state index in [1.807, 2.05) is 19.1 Å². The maximum absolute atomic E-state index is 11.3. The van der Waals surface area contributed by atoms with Crippen molar-refractivity contribution in [2.24, 2.45) is 5.73 Å². The van der Waals surface area contributed by atoms with Crippen molar-refractivity contribution in [2.45, 2.75) is 19.9 Å². The third-order valence-electron chi connectivity index (χ3n) is 1.86. The predicted molar refractivity (Wildman–Crippen MR) is 58.5 cm³/mol. The smallest absolute Gasteiger partial charge is 0.241 e. The number of amides is 1. The minimum atomic E-state index is -0.536. The maximum Gasteiger partial charge on any atom is 0.241 e. The van der Waals surface area contributed by atoms with E-state index in [1.54, 1.807) is 13.0 Å². The lowest BCUT2D eigenvalue weighted by Gasteiger charge is -2.10. The van der Waals surface area contributed by atoms with Gasteiger partial charge in [0.05, 0.1) is 16.8 Å². The molecule has 0 unspecified atom stereocenters. The Bertz CT molecular complexity index is 350. The number of hydrogen-bond acceptors (Lipinski definition) is 2. The fraction of sp³-hybridized carbons (Fsp3) is 0.300. The molecule has 0 saturated carbocycles. The van der Waals surface area contributed by atoms with Gasteiger partial charge in [-0.2, -0.15) is 0 Å². The van der Waals surface area contributed by atoms with Crippen LogP contribution in [0.1, 0.15) is 12.5 Å². The second kappa shape index (κ2) is 4.44. The first-order chi connectivity index (χ1) is 6.52. The van der Waals surface area contributed by atoms with E-state index in [-0.39, 0.29) is 5.91 Å². The van der Waals surface area contributed by atoms with Crippen LogP contribution in [-0.2, 0) is 4.79 Å². The van der Waals surface area contributed by atoms with E-state index in [0.29, 0.717) is 10.7 Å². The zero-order chi connectivity index (χ0) is 10.7. The van der Waals surface area contributed by atoms with Gasteiger partial charge in [0.25, 0.3) is 0 Å². The summed E-state index contributed by atoms with van der Waals surface area (Å²) in [5.74, 6) is -0.238. The molecule has 1 rings (SSSR count). The molecule has 0 aliphatic rings. The van der Waals surface area contributed by atoms with Crippen LogP contribution in [0, 0.1) is 6.92 Å². The molecule has 1 aromatic rings. The van der Waals surface area contributed by atoms with Crippen molar-refractivity contribution in [3.8, 4) is 0 Å². The summed E-state index contributed by atoms with van der Waals surface area (Å²) in [7, 11) is 0. The molecule has 0 fully saturated rings. The van der Waals surface area contributed by atoms with Crippen LogP contribution < -0.4 is 11.1 Å².